The van der Waals surface area contributed by atoms with E-state index < -0.39 is 27.9 Å². The Morgan fingerprint density at radius 1 is 1.38 bits per heavy atom. The summed E-state index contributed by atoms with van der Waals surface area (Å²) in [6, 6.07) is -1.56. The van der Waals surface area contributed by atoms with Crippen LogP contribution in [0.15, 0.2) is 0 Å². The van der Waals surface area contributed by atoms with Crippen LogP contribution in [0.2, 0.25) is 0 Å². The molecule has 0 aromatic heterocycles. The highest BCUT2D eigenvalue weighted by atomic mass is 32.2. The summed E-state index contributed by atoms with van der Waals surface area (Å²) in [4.78, 5) is 24.9. The number of hydrogen-bond acceptors (Lipinski definition) is 4. The first-order valence-electron chi connectivity index (χ1n) is 7.08. The van der Waals surface area contributed by atoms with Gasteiger partial charge in [-0.1, -0.05) is 6.92 Å². The predicted molar refractivity (Wildman–Crippen MR) is 78.8 cm³/mol. The third-order valence-corrected chi connectivity index (χ3v) is 4.75. The maximum atomic E-state index is 12.2. The SMILES string of the molecule is CC1CCN(C(=O)NC(CCS(C)(=O)=O)C(=O)O)C(C)C1. The Labute approximate surface area is 125 Å². The largest absolute Gasteiger partial charge is 0.480 e. The number of aliphatic carboxylic acids is 1. The van der Waals surface area contributed by atoms with Crippen molar-refractivity contribution in [1.29, 1.82) is 0 Å². The topological polar surface area (TPSA) is 104 Å². The second-order valence-corrected chi connectivity index (χ2v) is 8.19. The first kappa shape index (κ1) is 17.7. The summed E-state index contributed by atoms with van der Waals surface area (Å²) in [5.41, 5.74) is 0. The molecule has 3 atom stereocenters. The number of rotatable bonds is 5. The lowest BCUT2D eigenvalue weighted by Crippen LogP contribution is -2.53. The fourth-order valence-electron chi connectivity index (χ4n) is 2.53. The zero-order valence-electron chi connectivity index (χ0n) is 12.7. The molecule has 1 aliphatic rings. The molecule has 3 unspecified atom stereocenters. The van der Waals surface area contributed by atoms with Gasteiger partial charge in [0.05, 0.1) is 5.75 Å². The fourth-order valence-corrected chi connectivity index (χ4v) is 3.19. The first-order valence-corrected chi connectivity index (χ1v) is 9.14. The third-order valence-electron chi connectivity index (χ3n) is 3.77. The molecule has 0 radical (unpaired) electrons. The number of carboxylic acid groups (broad SMARTS) is 1. The van der Waals surface area contributed by atoms with E-state index >= 15 is 0 Å². The van der Waals surface area contributed by atoms with Gasteiger partial charge in [-0.05, 0) is 32.1 Å². The Morgan fingerprint density at radius 2 is 2.00 bits per heavy atom. The molecule has 0 spiro atoms. The summed E-state index contributed by atoms with van der Waals surface area (Å²) in [5.74, 6) is -0.939. The smallest absolute Gasteiger partial charge is 0.326 e. The molecule has 0 aromatic carbocycles. The van der Waals surface area contributed by atoms with Crippen LogP contribution in [0.4, 0.5) is 4.79 Å². The highest BCUT2D eigenvalue weighted by Gasteiger charge is 2.29. The normalized spacial score (nSPS) is 24.4. The van der Waals surface area contributed by atoms with Gasteiger partial charge in [-0.25, -0.2) is 18.0 Å². The van der Waals surface area contributed by atoms with Crippen LogP contribution in [0.25, 0.3) is 0 Å². The van der Waals surface area contributed by atoms with Crippen LogP contribution in [-0.2, 0) is 14.6 Å². The second kappa shape index (κ2) is 7.11. The number of carbonyl (C=O) groups excluding carboxylic acids is 1. The summed E-state index contributed by atoms with van der Waals surface area (Å²) < 4.78 is 22.2. The number of likely N-dealkylation sites (tertiary alicyclic amines) is 1. The van der Waals surface area contributed by atoms with Crippen LogP contribution in [0, 0.1) is 5.92 Å². The van der Waals surface area contributed by atoms with Gasteiger partial charge in [0.1, 0.15) is 15.9 Å². The van der Waals surface area contributed by atoms with E-state index in [9.17, 15) is 18.0 Å². The number of amides is 2. The number of piperidine rings is 1. The molecule has 1 rings (SSSR count). The van der Waals surface area contributed by atoms with Gasteiger partial charge in [-0.3, -0.25) is 0 Å². The molecule has 0 aliphatic carbocycles. The molecule has 7 nitrogen and oxygen atoms in total. The van der Waals surface area contributed by atoms with Crippen LogP contribution in [-0.4, -0.2) is 61.1 Å². The maximum Gasteiger partial charge on any atom is 0.326 e. The van der Waals surface area contributed by atoms with Crippen molar-refractivity contribution in [2.45, 2.75) is 45.2 Å². The van der Waals surface area contributed by atoms with Gasteiger partial charge in [0.15, 0.2) is 0 Å². The molecular formula is C13H24N2O5S. The van der Waals surface area contributed by atoms with Crippen LogP contribution >= 0.6 is 0 Å². The van der Waals surface area contributed by atoms with Crippen LogP contribution < -0.4 is 5.32 Å². The van der Waals surface area contributed by atoms with Crippen molar-refractivity contribution in [3.05, 3.63) is 0 Å². The monoisotopic (exact) mass is 320 g/mol. The quantitative estimate of drug-likeness (QED) is 0.776. The zero-order valence-corrected chi connectivity index (χ0v) is 13.5. The number of nitrogens with zero attached hydrogens (tertiary/aromatic N) is 1. The van der Waals surface area contributed by atoms with Gasteiger partial charge in [-0.15, -0.1) is 0 Å². The second-order valence-electron chi connectivity index (χ2n) is 5.93. The number of carboxylic acids is 1. The molecule has 1 heterocycles. The molecule has 122 valence electrons. The Morgan fingerprint density at radius 3 is 2.48 bits per heavy atom. The Kier molecular flexibility index (Phi) is 6.00. The van der Waals surface area contributed by atoms with Gasteiger partial charge in [-0.2, -0.15) is 0 Å². The van der Waals surface area contributed by atoms with Crippen LogP contribution in [0.5, 0.6) is 0 Å². The molecule has 1 aliphatic heterocycles. The number of nitrogens with one attached hydrogen (secondary N) is 1. The van der Waals surface area contributed by atoms with Gasteiger partial charge in [0.2, 0.25) is 0 Å². The van der Waals surface area contributed by atoms with E-state index in [1.165, 1.54) is 0 Å². The molecule has 1 fully saturated rings. The summed E-state index contributed by atoms with van der Waals surface area (Å²) >= 11 is 0. The summed E-state index contributed by atoms with van der Waals surface area (Å²) in [6.45, 7) is 4.64. The van der Waals surface area contributed by atoms with Gasteiger partial charge >= 0.3 is 12.0 Å². The Hall–Kier alpha value is -1.31. The van der Waals surface area contributed by atoms with Crippen molar-refractivity contribution < 1.29 is 23.1 Å². The maximum absolute atomic E-state index is 12.2. The average Bonchev–Trinajstić information content (AvgIpc) is 2.32. The standard InChI is InChI=1S/C13H24N2O5S/c1-9-4-6-15(10(2)8-9)13(18)14-11(12(16)17)5-7-21(3,19)20/h9-11H,4-8H2,1-3H3,(H,14,18)(H,16,17). The molecule has 2 N–H and O–H groups in total. The summed E-state index contributed by atoms with van der Waals surface area (Å²) in [5, 5.41) is 11.5. The van der Waals surface area contributed by atoms with E-state index in [1.54, 1.807) is 4.90 Å². The molecule has 1 saturated heterocycles. The van der Waals surface area contributed by atoms with E-state index in [4.69, 9.17) is 5.11 Å². The Bertz CT molecular complexity index is 491. The van der Waals surface area contributed by atoms with E-state index in [1.807, 2.05) is 6.92 Å². The van der Waals surface area contributed by atoms with Gasteiger partial charge in [0, 0.05) is 18.8 Å². The first-order chi connectivity index (χ1) is 9.60. The molecule has 21 heavy (non-hydrogen) atoms. The van der Waals surface area contributed by atoms with E-state index in [0.29, 0.717) is 12.5 Å². The number of carbonyl (C=O) groups is 2. The van der Waals surface area contributed by atoms with Gasteiger partial charge < -0.3 is 15.3 Å². The van der Waals surface area contributed by atoms with Crippen molar-refractivity contribution in [1.82, 2.24) is 10.2 Å². The predicted octanol–water partition coefficient (Wildman–Crippen LogP) is 0.704. The summed E-state index contributed by atoms with van der Waals surface area (Å²) in [7, 11) is -3.26. The lowest BCUT2D eigenvalue weighted by atomic mass is 9.94. The number of sulfone groups is 1. The molecule has 8 heteroatoms. The van der Waals surface area contributed by atoms with E-state index in [-0.39, 0.29) is 18.2 Å². The highest BCUT2D eigenvalue weighted by molar-refractivity contribution is 7.90. The van der Waals surface area contributed by atoms with Crippen molar-refractivity contribution in [3.8, 4) is 0 Å². The van der Waals surface area contributed by atoms with Crippen molar-refractivity contribution in [2.24, 2.45) is 5.92 Å². The zero-order chi connectivity index (χ0) is 16.2. The summed E-state index contributed by atoms with van der Waals surface area (Å²) in [6.07, 6.45) is 2.69. The molecule has 0 saturated carbocycles. The molecule has 0 bridgehead atoms. The molecule has 0 aromatic rings. The van der Waals surface area contributed by atoms with Crippen LogP contribution in [0.3, 0.4) is 0 Å². The number of hydrogen-bond donors (Lipinski definition) is 2. The fraction of sp³-hybridized carbons (Fsp3) is 0.846. The average molecular weight is 320 g/mol. The number of urea groups is 1. The molecular weight excluding hydrogens is 296 g/mol. The lowest BCUT2D eigenvalue weighted by Gasteiger charge is -2.37. The molecule has 2 amide bonds. The minimum absolute atomic E-state index is 0.0538. The minimum atomic E-state index is -3.26. The van der Waals surface area contributed by atoms with Crippen LogP contribution in [0.1, 0.15) is 33.1 Å². The van der Waals surface area contributed by atoms with E-state index in [0.717, 1.165) is 19.1 Å². The van der Waals surface area contributed by atoms with Crippen molar-refractivity contribution in [3.63, 3.8) is 0 Å². The van der Waals surface area contributed by atoms with Gasteiger partial charge in [0.25, 0.3) is 0 Å². The van der Waals surface area contributed by atoms with E-state index in [2.05, 4.69) is 12.2 Å². The Balaban J connectivity index is 2.62. The third kappa shape index (κ3) is 5.91. The highest BCUT2D eigenvalue weighted by Crippen LogP contribution is 2.22. The minimum Gasteiger partial charge on any atom is -0.480 e. The van der Waals surface area contributed by atoms with Crippen molar-refractivity contribution >= 4 is 21.8 Å². The lowest BCUT2D eigenvalue weighted by molar-refractivity contribution is -0.139. The van der Waals surface area contributed by atoms with Crippen molar-refractivity contribution in [2.75, 3.05) is 18.6 Å².